The average molecular weight is 827 g/mol. The van der Waals surface area contributed by atoms with Gasteiger partial charge in [-0.2, -0.15) is 0 Å². The third-order valence-electron chi connectivity index (χ3n) is 9.95. The van der Waals surface area contributed by atoms with Crippen LogP contribution in [0.1, 0.15) is 80.0 Å². The van der Waals surface area contributed by atoms with Crippen LogP contribution < -0.4 is 16.4 Å². The molecule has 3 amide bonds. The summed E-state index contributed by atoms with van der Waals surface area (Å²) in [6.45, 7) is 11.4. The molecule has 12 nitrogen and oxygen atoms in total. The molecule has 5 aromatic rings. The maximum absolute atomic E-state index is 14.2. The van der Waals surface area contributed by atoms with Gasteiger partial charge in [0.1, 0.15) is 5.78 Å². The van der Waals surface area contributed by atoms with Gasteiger partial charge in [-0.25, -0.2) is 4.85 Å². The number of ketones is 2. The van der Waals surface area contributed by atoms with Crippen molar-refractivity contribution in [3.63, 3.8) is 0 Å². The molecule has 2 atom stereocenters. The zero-order valence-electron chi connectivity index (χ0n) is 33.3. The van der Waals surface area contributed by atoms with Gasteiger partial charge in [-0.15, -0.1) is 0 Å². The maximum atomic E-state index is 14.2. The van der Waals surface area contributed by atoms with Gasteiger partial charge >= 0.3 is 7.60 Å². The highest BCUT2D eigenvalue weighted by molar-refractivity contribution is 7.50. The average Bonchev–Trinajstić information content (AvgIpc) is 3.22. The van der Waals surface area contributed by atoms with Crippen molar-refractivity contribution in [3.8, 4) is 11.1 Å². The van der Waals surface area contributed by atoms with Crippen LogP contribution in [0.15, 0.2) is 121 Å². The molecule has 0 aliphatic carbocycles. The second-order valence-corrected chi connectivity index (χ2v) is 16.8. The molecule has 60 heavy (non-hydrogen) atoms. The number of nitrogens with zero attached hydrogens (tertiary/aromatic N) is 1. The lowest BCUT2D eigenvalue weighted by Gasteiger charge is -2.23. The first-order valence-electron chi connectivity index (χ1n) is 19.4. The van der Waals surface area contributed by atoms with E-state index in [0.29, 0.717) is 57.6 Å². The number of Topliss-reactive ketones (excluding diaryl/α,β-unsaturated/α-hetero) is 2. The second kappa shape index (κ2) is 20.5. The molecule has 0 heterocycles. The normalized spacial score (nSPS) is 12.2. The van der Waals surface area contributed by atoms with Crippen molar-refractivity contribution in [1.82, 2.24) is 10.6 Å². The second-order valence-electron chi connectivity index (χ2n) is 15.2. The molecule has 13 heteroatoms. The molecule has 0 spiro atoms. The summed E-state index contributed by atoms with van der Waals surface area (Å²) in [5, 5.41) is 5.78. The first-order chi connectivity index (χ1) is 28.6. The predicted molar refractivity (Wildman–Crippen MR) is 229 cm³/mol. The largest absolute Gasteiger partial charge is 0.366 e. The minimum absolute atomic E-state index is 0.0392. The number of rotatable bonds is 19. The van der Waals surface area contributed by atoms with Crippen LogP contribution in [0, 0.1) is 18.4 Å². The van der Waals surface area contributed by atoms with Crippen LogP contribution >= 0.6 is 7.60 Å². The Labute approximate surface area is 349 Å². The van der Waals surface area contributed by atoms with Crippen LogP contribution in [-0.4, -0.2) is 45.1 Å². The fourth-order valence-electron chi connectivity index (χ4n) is 6.88. The zero-order chi connectivity index (χ0) is 43.4. The van der Waals surface area contributed by atoms with Crippen LogP contribution in [-0.2, 0) is 39.7 Å². The summed E-state index contributed by atoms with van der Waals surface area (Å²) in [5.41, 5.74) is 10.5. The number of nitrogens with two attached hydrogens (primary N) is 1. The molecule has 0 saturated heterocycles. The molecule has 0 unspecified atom stereocenters. The topological polar surface area (TPSA) is 197 Å². The molecule has 0 aromatic heterocycles. The van der Waals surface area contributed by atoms with Crippen LogP contribution in [0.5, 0.6) is 0 Å². The van der Waals surface area contributed by atoms with Gasteiger partial charge in [-0.1, -0.05) is 111 Å². The van der Waals surface area contributed by atoms with E-state index in [-0.39, 0.29) is 48.2 Å². The van der Waals surface area contributed by atoms with Crippen molar-refractivity contribution < 1.29 is 38.3 Å². The Hall–Kier alpha value is -6.51. The predicted octanol–water partition coefficient (Wildman–Crippen LogP) is 7.39. The van der Waals surface area contributed by atoms with E-state index in [4.69, 9.17) is 12.3 Å². The quantitative estimate of drug-likeness (QED) is 0.0420. The molecular weight excluding hydrogens is 780 g/mol. The van der Waals surface area contributed by atoms with Gasteiger partial charge in [-0.3, -0.25) is 28.5 Å². The van der Waals surface area contributed by atoms with Crippen molar-refractivity contribution in [2.24, 2.45) is 17.6 Å². The number of carbonyl (C=O) groups excluding carboxylic acids is 5. The number of hydrogen-bond donors (Lipinski definition) is 5. The molecule has 0 radical (unpaired) electrons. The summed E-state index contributed by atoms with van der Waals surface area (Å²) in [5.74, 6) is -2.72. The van der Waals surface area contributed by atoms with Gasteiger partial charge in [0.25, 0.3) is 11.8 Å². The molecule has 5 rings (SSSR count). The first-order valence-corrected chi connectivity index (χ1v) is 21.2. The Morgan fingerprint density at radius 3 is 1.95 bits per heavy atom. The number of amides is 3. The van der Waals surface area contributed by atoms with E-state index in [1.165, 1.54) is 24.3 Å². The van der Waals surface area contributed by atoms with Crippen LogP contribution in [0.4, 0.5) is 5.69 Å². The Morgan fingerprint density at radius 2 is 1.35 bits per heavy atom. The number of hydrogen-bond acceptors (Lipinski definition) is 6. The van der Waals surface area contributed by atoms with Gasteiger partial charge in [0.2, 0.25) is 5.91 Å². The molecular formula is C47H47N4O8P. The Bertz CT molecular complexity index is 2420. The highest BCUT2D eigenvalue weighted by atomic mass is 31.2. The van der Waals surface area contributed by atoms with E-state index in [0.717, 1.165) is 5.56 Å². The third-order valence-corrected chi connectivity index (χ3v) is 10.7. The van der Waals surface area contributed by atoms with Gasteiger partial charge in [0, 0.05) is 42.0 Å². The van der Waals surface area contributed by atoms with Crippen molar-refractivity contribution in [2.75, 3.05) is 0 Å². The minimum atomic E-state index is -4.31. The highest BCUT2D eigenvalue weighted by Crippen LogP contribution is 2.39. The number of carbonyl (C=O) groups is 5. The maximum Gasteiger partial charge on any atom is 0.329 e. The highest BCUT2D eigenvalue weighted by Gasteiger charge is 2.29. The smallest absolute Gasteiger partial charge is 0.329 e. The van der Waals surface area contributed by atoms with Crippen LogP contribution in [0.2, 0.25) is 0 Å². The number of primary amides is 1. The van der Waals surface area contributed by atoms with E-state index in [2.05, 4.69) is 15.5 Å². The van der Waals surface area contributed by atoms with Crippen LogP contribution in [0.3, 0.4) is 0 Å². The van der Waals surface area contributed by atoms with Crippen molar-refractivity contribution in [1.29, 1.82) is 0 Å². The van der Waals surface area contributed by atoms with E-state index in [9.17, 15) is 38.3 Å². The Balaban J connectivity index is 1.40. The Kier molecular flexibility index (Phi) is 15.2. The molecule has 0 bridgehead atoms. The first kappa shape index (κ1) is 44.6. The van der Waals surface area contributed by atoms with E-state index in [1.54, 1.807) is 66.7 Å². The SMILES string of the molecule is [C-]#[N+]c1ccc(C(=O)N[C@@H](Cc2ccc(CP(=O)(O)O)cc2)C(=O)C[C@@H](CC(C)C)C(=O)Cc2ccc(C(=O)NCc3ccccc3)c(-c3ccc(C(N)=O)cc3)c2)cc1. The van der Waals surface area contributed by atoms with E-state index < -0.39 is 37.5 Å². The van der Waals surface area contributed by atoms with Gasteiger partial charge in [0.15, 0.2) is 11.5 Å². The standard InChI is InChI=1S/C47H47N4O8P/c1-30(2)23-38(27-44(53)42(51-46(55)37-18-20-39(49-3)21-19-37)25-31-9-11-33(12-10-31)29-60(57,58)59)43(52)26-34-13-22-40(47(56)50-28-32-7-5-4-6-8-32)41(24-34)35-14-16-36(17-15-35)45(48)54/h4-22,24,30,38,42H,23,25-29H2,1-2H3,(H2,48,54)(H,50,56)(H,51,55)(H2,57,58,59)/t38-,42+/m1/s1. The molecule has 5 aromatic carbocycles. The lowest BCUT2D eigenvalue weighted by atomic mass is 9.84. The molecule has 308 valence electrons. The van der Waals surface area contributed by atoms with E-state index in [1.807, 2.05) is 44.2 Å². The summed E-state index contributed by atoms with van der Waals surface area (Å²) in [6, 6.07) is 32.4. The number of nitrogens with one attached hydrogen (secondary N) is 2. The Morgan fingerprint density at radius 1 is 0.733 bits per heavy atom. The van der Waals surface area contributed by atoms with Crippen molar-refractivity contribution in [3.05, 3.63) is 172 Å². The van der Waals surface area contributed by atoms with Gasteiger partial charge < -0.3 is 26.2 Å². The van der Waals surface area contributed by atoms with E-state index >= 15 is 0 Å². The molecule has 0 aliphatic heterocycles. The monoisotopic (exact) mass is 826 g/mol. The summed E-state index contributed by atoms with van der Waals surface area (Å²) < 4.78 is 11.6. The summed E-state index contributed by atoms with van der Waals surface area (Å²) in [7, 11) is -4.31. The molecule has 6 N–H and O–H groups in total. The molecule has 0 fully saturated rings. The molecule has 0 aliphatic rings. The minimum Gasteiger partial charge on any atom is -0.366 e. The van der Waals surface area contributed by atoms with Crippen molar-refractivity contribution >= 4 is 42.6 Å². The van der Waals surface area contributed by atoms with Crippen LogP contribution in [0.25, 0.3) is 16.0 Å². The fourth-order valence-corrected chi connectivity index (χ4v) is 7.57. The number of benzene rings is 5. The van der Waals surface area contributed by atoms with Crippen molar-refractivity contribution in [2.45, 2.75) is 58.3 Å². The molecule has 0 saturated carbocycles. The summed E-state index contributed by atoms with van der Waals surface area (Å²) >= 11 is 0. The fraction of sp³-hybridized carbons (Fsp3) is 0.234. The van der Waals surface area contributed by atoms with Gasteiger partial charge in [-0.05, 0) is 76.4 Å². The zero-order valence-corrected chi connectivity index (χ0v) is 34.2. The van der Waals surface area contributed by atoms with Gasteiger partial charge in [0.05, 0.1) is 18.8 Å². The lowest BCUT2D eigenvalue weighted by molar-refractivity contribution is -0.129. The summed E-state index contributed by atoms with van der Waals surface area (Å²) in [6.07, 6.45) is -0.221. The summed E-state index contributed by atoms with van der Waals surface area (Å²) in [4.78, 5) is 89.4. The lowest BCUT2D eigenvalue weighted by Crippen LogP contribution is -2.43. The third kappa shape index (κ3) is 13.0.